The van der Waals surface area contributed by atoms with Crippen molar-refractivity contribution in [2.24, 2.45) is 17.8 Å². The van der Waals surface area contributed by atoms with Crippen molar-refractivity contribution < 1.29 is 19.5 Å². The van der Waals surface area contributed by atoms with Crippen LogP contribution in [0.25, 0.3) is 17.0 Å². The summed E-state index contributed by atoms with van der Waals surface area (Å²) in [6.07, 6.45) is 16.8. The monoisotopic (exact) mass is 670 g/mol. The maximum absolute atomic E-state index is 13.2. The molecule has 0 bridgehead atoms. The average Bonchev–Trinajstić information content (AvgIpc) is 3.60. The number of rotatable bonds is 11. The number of amides is 2. The molecule has 9 heteroatoms. The van der Waals surface area contributed by atoms with Gasteiger partial charge in [-0.3, -0.25) is 14.4 Å². The van der Waals surface area contributed by atoms with Crippen molar-refractivity contribution in [3.63, 3.8) is 0 Å². The molecule has 0 radical (unpaired) electrons. The number of allylic oxidation sites excluding steroid dienone is 2. The molecule has 2 aliphatic rings. The number of hydrogen-bond donors (Lipinski definition) is 3. The highest BCUT2D eigenvalue weighted by Gasteiger charge is 2.29. The lowest BCUT2D eigenvalue weighted by Gasteiger charge is -2.35. The first-order valence-electron chi connectivity index (χ1n) is 17.5. The second-order valence-electron chi connectivity index (χ2n) is 14.7. The van der Waals surface area contributed by atoms with Gasteiger partial charge in [0, 0.05) is 34.8 Å². The first-order valence-corrected chi connectivity index (χ1v) is 18.3. The Morgan fingerprint density at radius 1 is 0.917 bits per heavy atom. The lowest BCUT2D eigenvalue weighted by Crippen LogP contribution is -2.51. The summed E-state index contributed by atoms with van der Waals surface area (Å²) in [5.41, 5.74) is 3.99. The van der Waals surface area contributed by atoms with Gasteiger partial charge in [-0.15, -0.1) is 11.3 Å². The number of aromatic nitrogens is 2. The van der Waals surface area contributed by atoms with Crippen LogP contribution in [-0.2, 0) is 21.4 Å². The van der Waals surface area contributed by atoms with Gasteiger partial charge >= 0.3 is 5.97 Å². The summed E-state index contributed by atoms with van der Waals surface area (Å²) in [6.45, 7) is 9.96. The zero-order valence-electron chi connectivity index (χ0n) is 28.9. The molecule has 0 spiro atoms. The maximum atomic E-state index is 13.2. The van der Waals surface area contributed by atoms with E-state index in [9.17, 15) is 19.5 Å². The number of thiophene rings is 1. The smallest absolute Gasteiger partial charge is 0.325 e. The largest absolute Gasteiger partial charge is 0.480 e. The van der Waals surface area contributed by atoms with E-state index in [2.05, 4.69) is 54.4 Å². The Morgan fingerprint density at radius 2 is 1.60 bits per heavy atom. The molecule has 2 heterocycles. The molecule has 1 saturated carbocycles. The van der Waals surface area contributed by atoms with Gasteiger partial charge in [-0.1, -0.05) is 77.3 Å². The summed E-state index contributed by atoms with van der Waals surface area (Å²) < 4.78 is 0. The summed E-state index contributed by atoms with van der Waals surface area (Å²) >= 11 is 1.39. The van der Waals surface area contributed by atoms with E-state index in [4.69, 9.17) is 0 Å². The number of carboxylic acids is 1. The number of benzene rings is 1. The molecule has 5 rings (SSSR count). The fourth-order valence-corrected chi connectivity index (χ4v) is 7.93. The molecule has 0 aliphatic heterocycles. The van der Waals surface area contributed by atoms with E-state index >= 15 is 0 Å². The number of carbonyl (C=O) groups is 3. The summed E-state index contributed by atoms with van der Waals surface area (Å²) in [5.74, 6) is 1.17. The molecule has 2 aromatic heterocycles. The van der Waals surface area contributed by atoms with E-state index in [1.807, 2.05) is 42.7 Å². The van der Waals surface area contributed by atoms with Gasteiger partial charge in [0.1, 0.15) is 12.1 Å². The van der Waals surface area contributed by atoms with Crippen molar-refractivity contribution >= 4 is 34.7 Å². The Labute approximate surface area is 288 Å². The molecule has 1 unspecified atom stereocenters. The van der Waals surface area contributed by atoms with E-state index in [0.29, 0.717) is 10.7 Å². The van der Waals surface area contributed by atoms with Gasteiger partial charge in [0.05, 0.1) is 4.88 Å². The van der Waals surface area contributed by atoms with Crippen LogP contribution < -0.4 is 10.6 Å². The predicted octanol–water partition coefficient (Wildman–Crippen LogP) is 7.83. The molecule has 8 nitrogen and oxygen atoms in total. The molecule has 0 saturated heterocycles. The van der Waals surface area contributed by atoms with E-state index in [1.165, 1.54) is 62.4 Å². The van der Waals surface area contributed by atoms with Gasteiger partial charge in [-0.25, -0.2) is 9.97 Å². The lowest BCUT2D eigenvalue weighted by atomic mass is 9.71. The summed E-state index contributed by atoms with van der Waals surface area (Å²) in [7, 11) is 0. The topological polar surface area (TPSA) is 121 Å². The van der Waals surface area contributed by atoms with Gasteiger partial charge in [0.25, 0.3) is 5.91 Å². The van der Waals surface area contributed by atoms with E-state index in [0.717, 1.165) is 52.2 Å². The van der Waals surface area contributed by atoms with Gasteiger partial charge in [-0.05, 0) is 85.5 Å². The van der Waals surface area contributed by atoms with Crippen molar-refractivity contribution in [3.05, 3.63) is 75.7 Å². The van der Waals surface area contributed by atoms with Crippen LogP contribution in [0.3, 0.4) is 0 Å². The van der Waals surface area contributed by atoms with Crippen LogP contribution in [-0.4, -0.2) is 44.9 Å². The summed E-state index contributed by atoms with van der Waals surface area (Å²) in [4.78, 5) is 48.7. The van der Waals surface area contributed by atoms with Crippen LogP contribution in [0.15, 0.2) is 54.9 Å². The third kappa shape index (κ3) is 8.98. The Balaban J connectivity index is 1.22. The summed E-state index contributed by atoms with van der Waals surface area (Å²) in [5, 5.41) is 14.7. The van der Waals surface area contributed by atoms with Gasteiger partial charge in [0.15, 0.2) is 5.82 Å². The van der Waals surface area contributed by atoms with E-state index in [1.54, 1.807) is 6.07 Å². The molecule has 2 amide bonds. The third-order valence-corrected chi connectivity index (χ3v) is 11.7. The van der Waals surface area contributed by atoms with E-state index < -0.39 is 24.0 Å². The molecule has 1 aromatic carbocycles. The van der Waals surface area contributed by atoms with Crippen molar-refractivity contribution in [2.75, 3.05) is 0 Å². The molecule has 3 N–H and O–H groups in total. The zero-order chi connectivity index (χ0) is 34.4. The van der Waals surface area contributed by atoms with Crippen LogP contribution in [0, 0.1) is 17.8 Å². The van der Waals surface area contributed by atoms with Gasteiger partial charge < -0.3 is 15.7 Å². The SMILES string of the molecule is CCC1CCC(C2CC=C(c3cnc(-c4ccc(C[C@H](NC(=O)c5ccc(C(C)(C)C)s5)C(=O)N[C@H](C)C(=O)O)cc4)nc3)CC2)CC1. The normalized spacial score (nSPS) is 21.1. The minimum Gasteiger partial charge on any atom is -0.480 e. The molecular weight excluding hydrogens is 621 g/mol. The number of carbonyl (C=O) groups excluding carboxylic acids is 2. The quantitative estimate of drug-likeness (QED) is 0.191. The van der Waals surface area contributed by atoms with Crippen molar-refractivity contribution in [2.45, 2.75) is 110 Å². The summed E-state index contributed by atoms with van der Waals surface area (Å²) in [6, 6.07) is 9.23. The van der Waals surface area contributed by atoms with Crippen LogP contribution in [0.4, 0.5) is 0 Å². The van der Waals surface area contributed by atoms with Crippen LogP contribution in [0.2, 0.25) is 0 Å². The molecule has 1 fully saturated rings. The lowest BCUT2D eigenvalue weighted by molar-refractivity contribution is -0.141. The Morgan fingerprint density at radius 3 is 2.17 bits per heavy atom. The number of nitrogens with zero attached hydrogens (tertiary/aromatic N) is 2. The van der Waals surface area contributed by atoms with Crippen molar-refractivity contribution in [3.8, 4) is 11.4 Å². The zero-order valence-corrected chi connectivity index (χ0v) is 29.7. The van der Waals surface area contributed by atoms with Gasteiger partial charge in [0.2, 0.25) is 5.91 Å². The van der Waals surface area contributed by atoms with Crippen molar-refractivity contribution in [1.29, 1.82) is 0 Å². The van der Waals surface area contributed by atoms with Crippen molar-refractivity contribution in [1.82, 2.24) is 20.6 Å². The van der Waals surface area contributed by atoms with Gasteiger partial charge in [-0.2, -0.15) is 0 Å². The molecular formula is C39H50N4O4S. The Bertz CT molecular complexity index is 1600. The van der Waals surface area contributed by atoms with Crippen LogP contribution in [0.5, 0.6) is 0 Å². The number of nitrogens with one attached hydrogen (secondary N) is 2. The molecule has 48 heavy (non-hydrogen) atoms. The number of aliphatic carboxylic acids is 1. The highest BCUT2D eigenvalue weighted by molar-refractivity contribution is 7.14. The minimum absolute atomic E-state index is 0.105. The predicted molar refractivity (Wildman–Crippen MR) is 192 cm³/mol. The molecule has 3 aromatic rings. The Kier molecular flexibility index (Phi) is 11.5. The molecule has 256 valence electrons. The van der Waals surface area contributed by atoms with E-state index in [-0.39, 0.29) is 17.7 Å². The molecule has 2 aliphatic carbocycles. The third-order valence-electron chi connectivity index (χ3n) is 10.2. The van der Waals surface area contributed by atoms with Crippen LogP contribution >= 0.6 is 11.3 Å². The maximum Gasteiger partial charge on any atom is 0.325 e. The van der Waals surface area contributed by atoms with Crippen LogP contribution in [0.1, 0.15) is 112 Å². The standard InChI is InChI=1S/C39H50N4O4S/c1-6-25-7-11-27(12-8-25)28-15-17-29(18-16-28)31-22-40-35(41-23-31)30-13-9-26(10-14-30)21-32(36(44)42-24(2)38(46)47)43-37(45)33-19-20-34(48-33)39(3,4)5/h9-10,13-14,17,19-20,22-25,27-28,32H,6-8,11-12,15-16,18,21H2,1-5H3,(H,42,44)(H,43,45)(H,46,47)/t24-,25?,27?,28?,32+/m1/s1. The Hall–Kier alpha value is -3.85. The first-order chi connectivity index (χ1) is 22.9. The highest BCUT2D eigenvalue weighted by Crippen LogP contribution is 2.41. The molecule has 3 atom stereocenters. The second-order valence-corrected chi connectivity index (χ2v) is 15.7. The highest BCUT2D eigenvalue weighted by atomic mass is 32.1. The number of hydrogen-bond acceptors (Lipinski definition) is 6. The fourth-order valence-electron chi connectivity index (χ4n) is 6.96. The minimum atomic E-state index is -1.15. The second kappa shape index (κ2) is 15.6. The average molecular weight is 671 g/mol. The number of carboxylic acid groups (broad SMARTS) is 1. The fraction of sp³-hybridized carbons (Fsp3) is 0.513. The first kappa shape index (κ1) is 35.5.